The Balaban J connectivity index is 1.80. The molecule has 0 aliphatic heterocycles. The Kier molecular flexibility index (Phi) is 3.44. The van der Waals surface area contributed by atoms with Gasteiger partial charge >= 0.3 is 0 Å². The smallest absolute Gasteiger partial charge is 0.229 e. The third-order valence-electron chi connectivity index (χ3n) is 2.78. The van der Waals surface area contributed by atoms with Gasteiger partial charge in [-0.2, -0.15) is 4.98 Å². The molecule has 1 fully saturated rings. The molecule has 3 rings (SSSR count). The third-order valence-corrected chi connectivity index (χ3v) is 3.60. The standard InChI is InChI=1S/C13H12Cl2N4/c14-9-2-1-3-10(12(9)15)18-13-16-7-6-11(19-13)17-8-4-5-8/h1-3,6-8H,4-5H2,(H2,16,17,18,19). The van der Waals surface area contributed by atoms with E-state index < -0.39 is 0 Å². The molecular formula is C13H12Cl2N4. The van der Waals surface area contributed by atoms with Crippen molar-refractivity contribution in [3.63, 3.8) is 0 Å². The zero-order valence-corrected chi connectivity index (χ0v) is 11.5. The number of rotatable bonds is 4. The van der Waals surface area contributed by atoms with Gasteiger partial charge in [0, 0.05) is 12.2 Å². The van der Waals surface area contributed by atoms with E-state index in [4.69, 9.17) is 23.2 Å². The lowest BCUT2D eigenvalue weighted by Gasteiger charge is -2.09. The van der Waals surface area contributed by atoms with E-state index in [1.807, 2.05) is 18.2 Å². The van der Waals surface area contributed by atoms with Crippen LogP contribution in [-0.4, -0.2) is 16.0 Å². The first-order valence-electron chi connectivity index (χ1n) is 6.03. The van der Waals surface area contributed by atoms with Gasteiger partial charge in [0.2, 0.25) is 5.95 Å². The van der Waals surface area contributed by atoms with Gasteiger partial charge in [-0.05, 0) is 31.0 Å². The lowest BCUT2D eigenvalue weighted by atomic mass is 10.3. The van der Waals surface area contributed by atoms with Crippen molar-refractivity contribution in [2.45, 2.75) is 18.9 Å². The van der Waals surface area contributed by atoms with E-state index in [-0.39, 0.29) is 0 Å². The van der Waals surface area contributed by atoms with E-state index in [0.717, 1.165) is 5.82 Å². The second-order valence-corrected chi connectivity index (χ2v) is 5.20. The molecule has 1 aromatic carbocycles. The fourth-order valence-electron chi connectivity index (χ4n) is 1.66. The van der Waals surface area contributed by atoms with Gasteiger partial charge in [-0.25, -0.2) is 4.98 Å². The minimum atomic E-state index is 0.466. The number of halogens is 2. The normalized spacial score (nSPS) is 14.2. The Hall–Kier alpha value is -1.52. The van der Waals surface area contributed by atoms with Crippen molar-refractivity contribution in [3.8, 4) is 0 Å². The van der Waals surface area contributed by atoms with Crippen molar-refractivity contribution in [2.24, 2.45) is 0 Å². The van der Waals surface area contributed by atoms with Crippen molar-refractivity contribution in [1.82, 2.24) is 9.97 Å². The summed E-state index contributed by atoms with van der Waals surface area (Å²) in [5, 5.41) is 7.35. The van der Waals surface area contributed by atoms with Gasteiger partial charge in [-0.1, -0.05) is 29.3 Å². The Labute approximate surface area is 121 Å². The molecule has 6 heteroatoms. The quantitative estimate of drug-likeness (QED) is 0.891. The molecule has 2 N–H and O–H groups in total. The van der Waals surface area contributed by atoms with Crippen LogP contribution in [0.25, 0.3) is 0 Å². The van der Waals surface area contributed by atoms with Crippen molar-refractivity contribution in [1.29, 1.82) is 0 Å². The number of nitrogens with one attached hydrogen (secondary N) is 2. The SMILES string of the molecule is Clc1cccc(Nc2nccc(NC3CC3)n2)c1Cl. The van der Waals surface area contributed by atoms with Crippen LogP contribution in [0.4, 0.5) is 17.5 Å². The fourth-order valence-corrected chi connectivity index (χ4v) is 2.00. The summed E-state index contributed by atoms with van der Waals surface area (Å²) in [5.74, 6) is 1.31. The first-order valence-corrected chi connectivity index (χ1v) is 6.78. The van der Waals surface area contributed by atoms with Crippen LogP contribution in [0.5, 0.6) is 0 Å². The van der Waals surface area contributed by atoms with Gasteiger partial charge < -0.3 is 10.6 Å². The summed E-state index contributed by atoms with van der Waals surface area (Å²) < 4.78 is 0. The predicted octanol–water partition coefficient (Wildman–Crippen LogP) is 4.10. The summed E-state index contributed by atoms with van der Waals surface area (Å²) in [6, 6.07) is 7.79. The second kappa shape index (κ2) is 5.23. The van der Waals surface area contributed by atoms with Crippen LogP contribution in [0.1, 0.15) is 12.8 Å². The minimum Gasteiger partial charge on any atom is -0.367 e. The Bertz CT molecular complexity index is 599. The van der Waals surface area contributed by atoms with Crippen molar-refractivity contribution >= 4 is 40.7 Å². The fraction of sp³-hybridized carbons (Fsp3) is 0.231. The van der Waals surface area contributed by atoms with Crippen LogP contribution in [0, 0.1) is 0 Å². The van der Waals surface area contributed by atoms with Crippen LogP contribution < -0.4 is 10.6 Å². The highest BCUT2D eigenvalue weighted by atomic mass is 35.5. The maximum absolute atomic E-state index is 6.11. The van der Waals surface area contributed by atoms with E-state index >= 15 is 0 Å². The predicted molar refractivity (Wildman–Crippen MR) is 78.4 cm³/mol. The molecule has 0 unspecified atom stereocenters. The molecule has 0 atom stereocenters. The monoisotopic (exact) mass is 294 g/mol. The van der Waals surface area contributed by atoms with Gasteiger partial charge in [0.15, 0.2) is 0 Å². The van der Waals surface area contributed by atoms with E-state index in [1.165, 1.54) is 12.8 Å². The molecule has 4 nitrogen and oxygen atoms in total. The molecule has 1 heterocycles. The van der Waals surface area contributed by atoms with E-state index in [0.29, 0.717) is 27.7 Å². The maximum Gasteiger partial charge on any atom is 0.229 e. The lowest BCUT2D eigenvalue weighted by molar-refractivity contribution is 1.08. The number of hydrogen-bond donors (Lipinski definition) is 2. The topological polar surface area (TPSA) is 49.8 Å². The molecule has 1 aromatic heterocycles. The van der Waals surface area contributed by atoms with E-state index in [9.17, 15) is 0 Å². The molecule has 19 heavy (non-hydrogen) atoms. The Morgan fingerprint density at radius 1 is 1.16 bits per heavy atom. The highest BCUT2D eigenvalue weighted by molar-refractivity contribution is 6.43. The van der Waals surface area contributed by atoms with Crippen LogP contribution in [-0.2, 0) is 0 Å². The molecule has 0 amide bonds. The molecule has 0 saturated heterocycles. The molecule has 98 valence electrons. The van der Waals surface area contributed by atoms with Crippen molar-refractivity contribution < 1.29 is 0 Å². The molecule has 1 aliphatic carbocycles. The summed E-state index contributed by atoms with van der Waals surface area (Å²) in [6.07, 6.45) is 4.11. The summed E-state index contributed by atoms with van der Waals surface area (Å²) in [6.45, 7) is 0. The largest absolute Gasteiger partial charge is 0.367 e. The number of anilines is 3. The highest BCUT2D eigenvalue weighted by Gasteiger charge is 2.21. The zero-order valence-electron chi connectivity index (χ0n) is 10.0. The number of nitrogens with zero attached hydrogens (tertiary/aromatic N) is 2. The van der Waals surface area contributed by atoms with Crippen LogP contribution in [0.15, 0.2) is 30.5 Å². The molecule has 1 aliphatic rings. The summed E-state index contributed by atoms with van der Waals surface area (Å²) in [4.78, 5) is 8.55. The lowest BCUT2D eigenvalue weighted by Crippen LogP contribution is -2.05. The molecule has 2 aromatic rings. The van der Waals surface area contributed by atoms with Crippen LogP contribution in [0.2, 0.25) is 10.0 Å². The number of aromatic nitrogens is 2. The molecular weight excluding hydrogens is 283 g/mol. The van der Waals surface area contributed by atoms with Crippen LogP contribution in [0.3, 0.4) is 0 Å². The first-order chi connectivity index (χ1) is 9.22. The average molecular weight is 295 g/mol. The molecule has 0 bridgehead atoms. The van der Waals surface area contributed by atoms with Crippen molar-refractivity contribution in [3.05, 3.63) is 40.5 Å². The summed E-state index contributed by atoms with van der Waals surface area (Å²) in [7, 11) is 0. The molecule has 1 saturated carbocycles. The van der Waals surface area contributed by atoms with Gasteiger partial charge in [0.05, 0.1) is 15.7 Å². The number of hydrogen-bond acceptors (Lipinski definition) is 4. The highest BCUT2D eigenvalue weighted by Crippen LogP contribution is 2.31. The Morgan fingerprint density at radius 2 is 2.00 bits per heavy atom. The number of benzene rings is 1. The minimum absolute atomic E-state index is 0.466. The molecule has 0 spiro atoms. The Morgan fingerprint density at radius 3 is 2.79 bits per heavy atom. The van der Waals surface area contributed by atoms with E-state index in [1.54, 1.807) is 12.3 Å². The second-order valence-electron chi connectivity index (χ2n) is 4.41. The van der Waals surface area contributed by atoms with Gasteiger partial charge in [-0.15, -0.1) is 0 Å². The van der Waals surface area contributed by atoms with Gasteiger partial charge in [-0.3, -0.25) is 0 Å². The third kappa shape index (κ3) is 3.08. The van der Waals surface area contributed by atoms with E-state index in [2.05, 4.69) is 20.6 Å². The maximum atomic E-state index is 6.11. The van der Waals surface area contributed by atoms with Gasteiger partial charge in [0.25, 0.3) is 0 Å². The zero-order chi connectivity index (χ0) is 13.2. The average Bonchev–Trinajstić information content (AvgIpc) is 3.19. The summed E-state index contributed by atoms with van der Waals surface area (Å²) in [5.41, 5.74) is 0.692. The summed E-state index contributed by atoms with van der Waals surface area (Å²) >= 11 is 12.1. The van der Waals surface area contributed by atoms with Crippen molar-refractivity contribution in [2.75, 3.05) is 10.6 Å². The first kappa shape index (κ1) is 12.5. The molecule has 0 radical (unpaired) electrons. The van der Waals surface area contributed by atoms with Crippen LogP contribution >= 0.6 is 23.2 Å². The van der Waals surface area contributed by atoms with Gasteiger partial charge in [0.1, 0.15) is 5.82 Å².